The molecule has 4 N–H and O–H groups in total. The minimum absolute atomic E-state index is 0.0388. The van der Waals surface area contributed by atoms with Crippen LogP contribution in [-0.4, -0.2) is 32.4 Å². The second-order valence-corrected chi connectivity index (χ2v) is 6.01. The first-order valence-corrected chi connectivity index (χ1v) is 8.27. The summed E-state index contributed by atoms with van der Waals surface area (Å²) in [4.78, 5) is 21.6. The standard InChI is InChI=1S/2C11H8O3/c12-10-6-8-4-2-1-3-7(8)5-9(10)11(13)14;12-9-6-5-7-3-1-2-4-8(7)10(9)11(13)14/h2*1-6,12H,(H,13,14). The fraction of sp³-hybridized carbons (Fsp3) is 0. The molecule has 0 saturated heterocycles. The van der Waals surface area contributed by atoms with E-state index in [1.54, 1.807) is 30.3 Å². The third kappa shape index (κ3) is 3.71. The molecule has 0 radical (unpaired) electrons. The van der Waals surface area contributed by atoms with Gasteiger partial charge in [0.25, 0.3) is 0 Å². The first kappa shape index (κ1) is 18.7. The number of carboxylic acids is 2. The maximum absolute atomic E-state index is 10.9. The van der Waals surface area contributed by atoms with E-state index in [0.29, 0.717) is 5.39 Å². The summed E-state index contributed by atoms with van der Waals surface area (Å²) >= 11 is 0. The molecule has 0 aliphatic heterocycles. The molecule has 0 saturated carbocycles. The zero-order valence-electron chi connectivity index (χ0n) is 14.5. The highest BCUT2D eigenvalue weighted by atomic mass is 16.4. The Morgan fingerprint density at radius 2 is 1.18 bits per heavy atom. The second-order valence-electron chi connectivity index (χ2n) is 6.01. The molecule has 0 spiro atoms. The summed E-state index contributed by atoms with van der Waals surface area (Å²) in [6.07, 6.45) is 0. The molecule has 28 heavy (non-hydrogen) atoms. The molecule has 0 aromatic heterocycles. The maximum Gasteiger partial charge on any atom is 0.340 e. The lowest BCUT2D eigenvalue weighted by atomic mass is 10.0. The van der Waals surface area contributed by atoms with Crippen LogP contribution in [0.4, 0.5) is 0 Å². The number of fused-ring (bicyclic) bond motifs is 2. The first-order chi connectivity index (χ1) is 13.4. The van der Waals surface area contributed by atoms with Gasteiger partial charge in [0.05, 0.1) is 0 Å². The van der Waals surface area contributed by atoms with Crippen LogP contribution in [0.1, 0.15) is 20.7 Å². The van der Waals surface area contributed by atoms with E-state index in [1.165, 1.54) is 18.2 Å². The molecule has 0 bridgehead atoms. The van der Waals surface area contributed by atoms with Crippen molar-refractivity contribution in [1.29, 1.82) is 0 Å². The molecule has 4 aromatic rings. The largest absolute Gasteiger partial charge is 0.507 e. The SMILES string of the molecule is O=C(O)c1c(O)ccc2ccccc12.O=C(O)c1cc2ccccc2cc1O. The van der Waals surface area contributed by atoms with E-state index in [-0.39, 0.29) is 22.6 Å². The van der Waals surface area contributed by atoms with Crippen LogP contribution in [0.5, 0.6) is 11.5 Å². The Morgan fingerprint density at radius 3 is 1.79 bits per heavy atom. The zero-order chi connectivity index (χ0) is 20.3. The van der Waals surface area contributed by atoms with Crippen LogP contribution in [0.15, 0.2) is 72.8 Å². The Morgan fingerprint density at radius 1 is 0.607 bits per heavy atom. The number of aromatic hydroxyl groups is 2. The van der Waals surface area contributed by atoms with E-state index in [2.05, 4.69) is 0 Å². The number of carbonyl (C=O) groups is 2. The van der Waals surface area contributed by atoms with Gasteiger partial charge in [0.15, 0.2) is 0 Å². The van der Waals surface area contributed by atoms with Gasteiger partial charge in [0, 0.05) is 0 Å². The van der Waals surface area contributed by atoms with Gasteiger partial charge >= 0.3 is 11.9 Å². The number of hydrogen-bond donors (Lipinski definition) is 4. The molecule has 6 nitrogen and oxygen atoms in total. The molecule has 6 heteroatoms. The van der Waals surface area contributed by atoms with Crippen molar-refractivity contribution in [2.45, 2.75) is 0 Å². The molecule has 140 valence electrons. The van der Waals surface area contributed by atoms with Crippen molar-refractivity contribution in [3.63, 3.8) is 0 Å². The lowest BCUT2D eigenvalue weighted by Crippen LogP contribution is -1.97. The summed E-state index contributed by atoms with van der Waals surface area (Å²) in [6.45, 7) is 0. The normalized spacial score (nSPS) is 10.3. The number of hydrogen-bond acceptors (Lipinski definition) is 4. The van der Waals surface area contributed by atoms with Crippen LogP contribution < -0.4 is 0 Å². The molecule has 0 aliphatic rings. The van der Waals surface area contributed by atoms with E-state index in [1.807, 2.05) is 24.3 Å². The quantitative estimate of drug-likeness (QED) is 0.410. The van der Waals surface area contributed by atoms with E-state index in [9.17, 15) is 19.8 Å². The lowest BCUT2D eigenvalue weighted by molar-refractivity contribution is 0.0683. The molecule has 0 heterocycles. The van der Waals surface area contributed by atoms with Crippen LogP contribution >= 0.6 is 0 Å². The number of carboxylic acid groups (broad SMARTS) is 2. The summed E-state index contributed by atoms with van der Waals surface area (Å²) in [5.74, 6) is -2.63. The zero-order valence-corrected chi connectivity index (χ0v) is 14.5. The summed E-state index contributed by atoms with van der Waals surface area (Å²) in [5.41, 5.74) is -0.105. The summed E-state index contributed by atoms with van der Waals surface area (Å²) in [7, 11) is 0. The van der Waals surface area contributed by atoms with Crippen LogP contribution in [-0.2, 0) is 0 Å². The van der Waals surface area contributed by atoms with Crippen molar-refractivity contribution in [2.75, 3.05) is 0 Å². The Bertz CT molecular complexity index is 1190. The summed E-state index contributed by atoms with van der Waals surface area (Å²) in [5, 5.41) is 39.5. The van der Waals surface area contributed by atoms with Gasteiger partial charge in [-0.2, -0.15) is 0 Å². The van der Waals surface area contributed by atoms with Crippen molar-refractivity contribution < 1.29 is 30.0 Å². The number of benzene rings is 4. The highest BCUT2D eigenvalue weighted by molar-refractivity contribution is 6.06. The Labute approximate surface area is 159 Å². The second kappa shape index (κ2) is 7.67. The average Bonchev–Trinajstić information content (AvgIpc) is 2.67. The van der Waals surface area contributed by atoms with Crippen molar-refractivity contribution in [2.24, 2.45) is 0 Å². The Hall–Kier alpha value is -4.06. The highest BCUT2D eigenvalue weighted by Gasteiger charge is 2.13. The summed E-state index contributed by atoms with van der Waals surface area (Å²) in [6, 6.07) is 20.3. The van der Waals surface area contributed by atoms with Gasteiger partial charge in [-0.1, -0.05) is 54.6 Å². The van der Waals surface area contributed by atoms with Gasteiger partial charge in [-0.25, -0.2) is 9.59 Å². The van der Waals surface area contributed by atoms with Gasteiger partial charge in [-0.3, -0.25) is 0 Å². The molecule has 0 atom stereocenters. The molecule has 0 unspecified atom stereocenters. The topological polar surface area (TPSA) is 115 Å². The van der Waals surface area contributed by atoms with Gasteiger partial charge in [-0.15, -0.1) is 0 Å². The van der Waals surface area contributed by atoms with Crippen molar-refractivity contribution >= 4 is 33.5 Å². The van der Waals surface area contributed by atoms with Gasteiger partial charge in [0.1, 0.15) is 22.6 Å². The molecular formula is C22H16O6. The first-order valence-electron chi connectivity index (χ1n) is 8.27. The fourth-order valence-corrected chi connectivity index (χ4v) is 2.88. The van der Waals surface area contributed by atoms with Crippen molar-refractivity contribution in [3.8, 4) is 11.5 Å². The van der Waals surface area contributed by atoms with Crippen LogP contribution in [0.2, 0.25) is 0 Å². The minimum Gasteiger partial charge on any atom is -0.507 e. The number of aromatic carboxylic acids is 2. The third-order valence-electron chi connectivity index (χ3n) is 4.22. The molecule has 4 rings (SSSR count). The monoisotopic (exact) mass is 376 g/mol. The fourth-order valence-electron chi connectivity index (χ4n) is 2.88. The summed E-state index contributed by atoms with van der Waals surface area (Å²) < 4.78 is 0. The number of rotatable bonds is 2. The maximum atomic E-state index is 10.9. The van der Waals surface area contributed by atoms with E-state index in [0.717, 1.165) is 16.2 Å². The smallest absolute Gasteiger partial charge is 0.340 e. The van der Waals surface area contributed by atoms with Crippen molar-refractivity contribution in [1.82, 2.24) is 0 Å². The van der Waals surface area contributed by atoms with E-state index >= 15 is 0 Å². The Kier molecular flexibility index (Phi) is 5.13. The lowest BCUT2D eigenvalue weighted by Gasteiger charge is -2.03. The number of phenols is 2. The van der Waals surface area contributed by atoms with Crippen molar-refractivity contribution in [3.05, 3.63) is 83.9 Å². The average molecular weight is 376 g/mol. The van der Waals surface area contributed by atoms with Gasteiger partial charge in [0.2, 0.25) is 0 Å². The third-order valence-corrected chi connectivity index (χ3v) is 4.22. The predicted molar refractivity (Wildman–Crippen MR) is 105 cm³/mol. The molecule has 4 aromatic carbocycles. The van der Waals surface area contributed by atoms with E-state index in [4.69, 9.17) is 10.2 Å². The van der Waals surface area contributed by atoms with Crippen LogP contribution in [0.3, 0.4) is 0 Å². The van der Waals surface area contributed by atoms with E-state index < -0.39 is 11.9 Å². The van der Waals surface area contributed by atoms with Gasteiger partial charge < -0.3 is 20.4 Å². The van der Waals surface area contributed by atoms with Gasteiger partial charge in [-0.05, 0) is 39.7 Å². The molecular weight excluding hydrogens is 360 g/mol. The van der Waals surface area contributed by atoms with Crippen LogP contribution in [0, 0.1) is 0 Å². The molecule has 0 aliphatic carbocycles. The van der Waals surface area contributed by atoms with Crippen LogP contribution in [0.25, 0.3) is 21.5 Å². The predicted octanol–water partition coefficient (Wildman–Crippen LogP) is 4.49. The minimum atomic E-state index is -1.12. The Balaban J connectivity index is 0.000000161. The molecule has 0 fully saturated rings. The highest BCUT2D eigenvalue weighted by Crippen LogP contribution is 2.27. The molecule has 0 amide bonds.